The van der Waals surface area contributed by atoms with Crippen molar-refractivity contribution in [3.63, 3.8) is 0 Å². The smallest absolute Gasteiger partial charge is 0.0780 e. The van der Waals surface area contributed by atoms with Crippen molar-refractivity contribution in [1.29, 1.82) is 0 Å². The van der Waals surface area contributed by atoms with Crippen LogP contribution in [-0.2, 0) is 4.74 Å². The van der Waals surface area contributed by atoms with Crippen molar-refractivity contribution in [3.8, 4) is 0 Å². The van der Waals surface area contributed by atoms with Crippen LogP contribution in [0.4, 0.5) is 0 Å². The van der Waals surface area contributed by atoms with E-state index < -0.39 is 0 Å². The zero-order chi connectivity index (χ0) is 5.98. The summed E-state index contributed by atoms with van der Waals surface area (Å²) in [6, 6.07) is 0. The average molecular weight is 341 g/mol. The fourth-order valence-electron chi connectivity index (χ4n) is 0.822. The molecule has 2 nitrogen and oxygen atoms in total. The number of hydrogen-bond donors (Lipinski definition) is 1. The van der Waals surface area contributed by atoms with Gasteiger partial charge in [-0.05, 0) is 0 Å². The second-order valence-corrected chi connectivity index (χ2v) is 1.96. The maximum atomic E-state index is 8.86. The molecule has 0 aromatic heterocycles. The molecule has 0 amide bonds. The van der Waals surface area contributed by atoms with Crippen molar-refractivity contribution >= 4 is 0 Å². The van der Waals surface area contributed by atoms with Gasteiger partial charge >= 0.3 is 0 Å². The zero-order valence-corrected chi connectivity index (χ0v) is 10.2. The molecule has 0 aromatic rings. The Hall–Kier alpha value is 1.10. The number of aliphatic hydroxyl groups excluding tert-OH is 1. The molecule has 0 heterocycles. The largest absolute Gasteiger partial charge is 0.389 e. The molecule has 0 saturated carbocycles. The molecule has 1 aliphatic rings. The van der Waals surface area contributed by atoms with Crippen molar-refractivity contribution in [3.05, 3.63) is 12.2 Å². The van der Waals surface area contributed by atoms with Gasteiger partial charge in [-0.2, -0.15) is 0 Å². The third-order valence-corrected chi connectivity index (χ3v) is 1.32. The SMILES string of the molecule is COC1C=CC(O)C1.[Ac]. The molecule has 2 unspecified atom stereocenters. The van der Waals surface area contributed by atoms with Gasteiger partial charge in [-0.15, -0.1) is 0 Å². The Balaban J connectivity index is 0.000000640. The molecule has 9 heavy (non-hydrogen) atoms. The molecule has 1 radical (unpaired) electrons. The molecule has 0 aliphatic heterocycles. The summed E-state index contributed by atoms with van der Waals surface area (Å²) in [5.41, 5.74) is 0. The maximum Gasteiger partial charge on any atom is 0.0780 e. The third-order valence-electron chi connectivity index (χ3n) is 1.32. The van der Waals surface area contributed by atoms with Gasteiger partial charge in [0.1, 0.15) is 0 Å². The summed E-state index contributed by atoms with van der Waals surface area (Å²) in [4.78, 5) is 0. The first-order valence-electron chi connectivity index (χ1n) is 2.72. The molecule has 2 atom stereocenters. The second kappa shape index (κ2) is 4.85. The van der Waals surface area contributed by atoms with E-state index in [-0.39, 0.29) is 56.3 Å². The predicted octanol–water partition coefficient (Wildman–Crippen LogP) is 0.322. The summed E-state index contributed by atoms with van der Waals surface area (Å²) in [5, 5.41) is 8.86. The summed E-state index contributed by atoms with van der Waals surface area (Å²) < 4.78 is 4.93. The van der Waals surface area contributed by atoms with E-state index in [1.807, 2.05) is 6.08 Å². The minimum absolute atomic E-state index is 0. The average Bonchev–Trinajstić information content (AvgIpc) is 2.14. The van der Waals surface area contributed by atoms with Crippen LogP contribution < -0.4 is 0 Å². The topological polar surface area (TPSA) is 29.5 Å². The Morgan fingerprint density at radius 1 is 1.56 bits per heavy atom. The minimum atomic E-state index is -0.278. The van der Waals surface area contributed by atoms with E-state index in [4.69, 9.17) is 9.84 Å². The van der Waals surface area contributed by atoms with Crippen LogP contribution in [0.5, 0.6) is 0 Å². The molecule has 3 heteroatoms. The number of ether oxygens (including phenoxy) is 1. The standard InChI is InChI=1S/C6H10O2.Ac/c1-8-6-3-2-5(7)4-6;/h2-3,5-7H,4H2,1H3;. The van der Waals surface area contributed by atoms with E-state index >= 15 is 0 Å². The van der Waals surface area contributed by atoms with Gasteiger partial charge in [0.2, 0.25) is 0 Å². The summed E-state index contributed by atoms with van der Waals surface area (Å²) in [6.45, 7) is 0. The van der Waals surface area contributed by atoms with Gasteiger partial charge in [0.05, 0.1) is 12.2 Å². The van der Waals surface area contributed by atoms with Gasteiger partial charge in [-0.25, -0.2) is 0 Å². The molecule has 1 aliphatic carbocycles. The molecule has 1 rings (SSSR count). The van der Waals surface area contributed by atoms with Crippen molar-refractivity contribution in [1.82, 2.24) is 0 Å². The molecule has 0 bridgehead atoms. The Morgan fingerprint density at radius 2 is 2.22 bits per heavy atom. The molecule has 0 saturated heterocycles. The van der Waals surface area contributed by atoms with E-state index in [0.29, 0.717) is 0 Å². The van der Waals surface area contributed by atoms with Crippen LogP contribution in [0, 0.1) is 44.1 Å². The van der Waals surface area contributed by atoms with E-state index in [0.717, 1.165) is 6.42 Å². The van der Waals surface area contributed by atoms with E-state index in [1.165, 1.54) is 0 Å². The molecule has 0 fully saturated rings. The van der Waals surface area contributed by atoms with Crippen LogP contribution in [0.3, 0.4) is 0 Å². The van der Waals surface area contributed by atoms with Gasteiger partial charge in [0.25, 0.3) is 0 Å². The van der Waals surface area contributed by atoms with Crippen LogP contribution in [0.1, 0.15) is 6.42 Å². The fourth-order valence-corrected chi connectivity index (χ4v) is 0.822. The van der Waals surface area contributed by atoms with Crippen LogP contribution >= 0.6 is 0 Å². The summed E-state index contributed by atoms with van der Waals surface area (Å²) >= 11 is 0. The molecule has 49 valence electrons. The Morgan fingerprint density at radius 3 is 2.44 bits per heavy atom. The normalized spacial score (nSPS) is 32.2. The van der Waals surface area contributed by atoms with Gasteiger partial charge in [-0.1, -0.05) is 12.2 Å². The van der Waals surface area contributed by atoms with Crippen LogP contribution in [-0.4, -0.2) is 24.4 Å². The zero-order valence-electron chi connectivity index (χ0n) is 5.45. The Labute approximate surface area is 90.8 Å². The van der Waals surface area contributed by atoms with Crippen molar-refractivity contribution < 1.29 is 53.9 Å². The maximum absolute atomic E-state index is 8.86. The van der Waals surface area contributed by atoms with Crippen LogP contribution in [0.15, 0.2) is 12.2 Å². The van der Waals surface area contributed by atoms with Gasteiger partial charge in [-0.3, -0.25) is 0 Å². The predicted molar refractivity (Wildman–Crippen MR) is 30.6 cm³/mol. The van der Waals surface area contributed by atoms with Crippen LogP contribution in [0.25, 0.3) is 0 Å². The minimum Gasteiger partial charge on any atom is -0.389 e. The van der Waals surface area contributed by atoms with Crippen molar-refractivity contribution in [2.75, 3.05) is 7.11 Å². The number of methoxy groups -OCH3 is 1. The first-order chi connectivity index (χ1) is 3.83. The first-order valence-corrected chi connectivity index (χ1v) is 2.72. The monoisotopic (exact) mass is 341 g/mol. The molecular formula is C6H10AcO2. The van der Waals surface area contributed by atoms with Gasteiger partial charge < -0.3 is 9.84 Å². The number of rotatable bonds is 1. The summed E-state index contributed by atoms with van der Waals surface area (Å²) in [6.07, 6.45) is 4.22. The van der Waals surface area contributed by atoms with Crippen LogP contribution in [0.2, 0.25) is 0 Å². The first kappa shape index (κ1) is 10.1. The number of aliphatic hydroxyl groups is 1. The third kappa shape index (κ3) is 3.13. The van der Waals surface area contributed by atoms with E-state index in [9.17, 15) is 0 Å². The molecular weight excluding hydrogens is 331 g/mol. The molecule has 1 N–H and O–H groups in total. The fraction of sp³-hybridized carbons (Fsp3) is 0.667. The van der Waals surface area contributed by atoms with Crippen molar-refractivity contribution in [2.24, 2.45) is 0 Å². The van der Waals surface area contributed by atoms with Gasteiger partial charge in [0, 0.05) is 57.6 Å². The molecule has 0 aromatic carbocycles. The van der Waals surface area contributed by atoms with Crippen molar-refractivity contribution in [2.45, 2.75) is 18.6 Å². The Bertz CT molecular complexity index is 103. The number of hydrogen-bond acceptors (Lipinski definition) is 2. The quantitative estimate of drug-likeness (QED) is 0.697. The van der Waals surface area contributed by atoms with Gasteiger partial charge in [0.15, 0.2) is 0 Å². The second-order valence-electron chi connectivity index (χ2n) is 1.96. The Kier molecular flexibility index (Phi) is 5.44. The molecule has 0 spiro atoms. The van der Waals surface area contributed by atoms with E-state index in [2.05, 4.69) is 0 Å². The summed E-state index contributed by atoms with van der Waals surface area (Å²) in [5.74, 6) is 0. The van der Waals surface area contributed by atoms with E-state index in [1.54, 1.807) is 13.2 Å². The summed E-state index contributed by atoms with van der Waals surface area (Å²) in [7, 11) is 1.65.